The molecule has 2 N–H and O–H groups in total. The molecule has 6 heterocycles. The summed E-state index contributed by atoms with van der Waals surface area (Å²) in [6, 6.07) is 0.283. The molecule has 6 atom stereocenters. The zero-order chi connectivity index (χ0) is 42.3. The van der Waals surface area contributed by atoms with Crippen LogP contribution >= 0.6 is 11.3 Å². The Labute approximate surface area is 337 Å². The number of carbonyl (C=O) groups excluding carboxylic acids is 1. The van der Waals surface area contributed by atoms with Gasteiger partial charge in [-0.1, -0.05) is 11.3 Å². The summed E-state index contributed by atoms with van der Waals surface area (Å²) < 4.78 is 119. The van der Waals surface area contributed by atoms with E-state index in [1.165, 1.54) is 6.92 Å². The molecule has 2 bridgehead atoms. The fourth-order valence-electron chi connectivity index (χ4n) is 9.46. The Hall–Kier alpha value is -4.72. The van der Waals surface area contributed by atoms with Gasteiger partial charge in [-0.05, 0) is 84.5 Å². The number of hydrogen-bond donors (Lipinski definition) is 2. The number of alkyl halides is 5. The number of nitrogens with one attached hydrogen (secondary N) is 1. The molecule has 2 unspecified atom stereocenters. The third-order valence-electron chi connectivity index (χ3n) is 11.6. The summed E-state index contributed by atoms with van der Waals surface area (Å²) in [5, 5.41) is 11.9. The number of amides is 2. The number of hydrogen-bond acceptors (Lipinski definition) is 10. The topological polar surface area (TPSA) is 133 Å². The molecule has 2 aromatic carbocycles. The van der Waals surface area contributed by atoms with Crippen molar-refractivity contribution in [3.63, 3.8) is 0 Å². The number of anilines is 2. The minimum absolute atomic E-state index is 0.0883. The number of thiazole rings is 1. The predicted octanol–water partition coefficient (Wildman–Crippen LogP) is 8.95. The Morgan fingerprint density at radius 1 is 1.14 bits per heavy atom. The largest absolute Gasteiger partial charge is 0.465 e. The smallest absolute Gasteiger partial charge is 0.417 e. The van der Waals surface area contributed by atoms with Crippen molar-refractivity contribution in [1.82, 2.24) is 24.8 Å². The second kappa shape index (κ2) is 14.8. The van der Waals surface area contributed by atoms with Crippen LogP contribution in [-0.2, 0) is 10.9 Å². The number of benzene rings is 2. The summed E-state index contributed by atoms with van der Waals surface area (Å²) in [5.41, 5.74) is -5.44. The highest BCUT2D eigenvalue weighted by Crippen LogP contribution is 2.50. The predicted molar refractivity (Wildman–Crippen MR) is 204 cm³/mol. The highest BCUT2D eigenvalue weighted by Gasteiger charge is 2.52. The van der Waals surface area contributed by atoms with E-state index in [2.05, 4.69) is 20.3 Å². The van der Waals surface area contributed by atoms with Crippen LogP contribution < -0.4 is 15.0 Å². The van der Waals surface area contributed by atoms with E-state index in [0.29, 0.717) is 43.2 Å². The normalized spacial score (nSPS) is 24.9. The average Bonchev–Trinajstić information content (AvgIpc) is 3.95. The second-order valence-electron chi connectivity index (χ2n) is 16.8. The van der Waals surface area contributed by atoms with E-state index in [0.717, 1.165) is 23.5 Å². The lowest BCUT2D eigenvalue weighted by molar-refractivity contribution is -0.137. The molecular weight excluding hydrogens is 812 g/mol. The van der Waals surface area contributed by atoms with Gasteiger partial charge in [0.25, 0.3) is 0 Å². The summed E-state index contributed by atoms with van der Waals surface area (Å²) in [6.07, 6.45) is -7.45. The van der Waals surface area contributed by atoms with Gasteiger partial charge in [0.15, 0.2) is 10.9 Å². The Kier molecular flexibility index (Phi) is 10.3. The van der Waals surface area contributed by atoms with Crippen molar-refractivity contribution in [2.24, 2.45) is 0 Å². The zero-order valence-electron chi connectivity index (χ0n) is 32.5. The van der Waals surface area contributed by atoms with Gasteiger partial charge in [0, 0.05) is 35.5 Å². The van der Waals surface area contributed by atoms with Crippen LogP contribution in [0.5, 0.6) is 6.01 Å². The van der Waals surface area contributed by atoms with Crippen molar-refractivity contribution in [1.29, 1.82) is 0 Å². The molecular formula is C39H42F7N7O5S. The minimum Gasteiger partial charge on any atom is -0.465 e. The quantitative estimate of drug-likeness (QED) is 0.157. The summed E-state index contributed by atoms with van der Waals surface area (Å²) in [4.78, 5) is 42.7. The fourth-order valence-corrected chi connectivity index (χ4v) is 10.3. The van der Waals surface area contributed by atoms with E-state index in [9.17, 15) is 23.5 Å². The monoisotopic (exact) mass is 853 g/mol. The number of rotatable bonds is 9. The summed E-state index contributed by atoms with van der Waals surface area (Å²) >= 11 is 0.619. The lowest BCUT2D eigenvalue weighted by Gasteiger charge is -2.33. The lowest BCUT2D eigenvalue weighted by atomic mass is 9.94. The SMILES string of the molecule is CC(F)CN(C(=O)O)C1C[C@H]2CC[C@@H]1N2c1nc(OC[C@@]23CCCN2C[C@H](F)C3)nc2c(F)c(-c3ccc(F)c4sc(NC(=O)OC(C)(C)C)nc34)c(C(F)(F)F)cc12. The van der Waals surface area contributed by atoms with Gasteiger partial charge in [-0.25, -0.2) is 32.1 Å². The highest BCUT2D eigenvalue weighted by molar-refractivity contribution is 7.22. The van der Waals surface area contributed by atoms with E-state index >= 15 is 22.0 Å². The molecule has 4 fully saturated rings. The van der Waals surface area contributed by atoms with Gasteiger partial charge in [-0.15, -0.1) is 0 Å². The molecule has 4 aliphatic rings. The summed E-state index contributed by atoms with van der Waals surface area (Å²) in [7, 11) is 0. The Morgan fingerprint density at radius 3 is 2.59 bits per heavy atom. The maximum absolute atomic E-state index is 17.4. The minimum atomic E-state index is -5.20. The van der Waals surface area contributed by atoms with Crippen molar-refractivity contribution in [3.05, 3.63) is 35.4 Å². The molecule has 0 radical (unpaired) electrons. The van der Waals surface area contributed by atoms with E-state index in [1.54, 1.807) is 25.7 Å². The Bertz CT molecular complexity index is 2320. The van der Waals surface area contributed by atoms with Crippen LogP contribution in [0.2, 0.25) is 0 Å². The second-order valence-corrected chi connectivity index (χ2v) is 17.8. The lowest BCUT2D eigenvalue weighted by Crippen LogP contribution is -2.49. The molecule has 4 aromatic rings. The average molecular weight is 854 g/mol. The number of nitrogens with zero attached hydrogens (tertiary/aromatic N) is 6. The highest BCUT2D eigenvalue weighted by atomic mass is 32.1. The van der Waals surface area contributed by atoms with Crippen LogP contribution in [0.3, 0.4) is 0 Å². The van der Waals surface area contributed by atoms with Gasteiger partial charge in [-0.2, -0.15) is 23.1 Å². The molecule has 0 saturated carbocycles. The summed E-state index contributed by atoms with van der Waals surface area (Å²) in [6.45, 7) is 6.37. The number of carbonyl (C=O) groups is 2. The van der Waals surface area contributed by atoms with Crippen molar-refractivity contribution in [2.75, 3.05) is 36.5 Å². The maximum atomic E-state index is 17.4. The molecule has 0 spiro atoms. The van der Waals surface area contributed by atoms with Crippen molar-refractivity contribution in [3.8, 4) is 17.1 Å². The Balaban J connectivity index is 1.29. The van der Waals surface area contributed by atoms with Gasteiger partial charge >= 0.3 is 24.4 Å². The third kappa shape index (κ3) is 7.54. The Morgan fingerprint density at radius 2 is 1.90 bits per heavy atom. The van der Waals surface area contributed by atoms with E-state index in [-0.39, 0.29) is 52.5 Å². The van der Waals surface area contributed by atoms with Gasteiger partial charge in [0.05, 0.1) is 39.9 Å². The molecule has 4 saturated heterocycles. The van der Waals surface area contributed by atoms with Crippen molar-refractivity contribution < 1.29 is 54.9 Å². The van der Waals surface area contributed by atoms with Gasteiger partial charge in [0.1, 0.15) is 41.7 Å². The van der Waals surface area contributed by atoms with Gasteiger partial charge in [0.2, 0.25) is 0 Å². The van der Waals surface area contributed by atoms with Crippen LogP contribution in [0.1, 0.15) is 71.8 Å². The van der Waals surface area contributed by atoms with Crippen LogP contribution in [0.15, 0.2) is 18.2 Å². The molecule has 2 amide bonds. The van der Waals surface area contributed by atoms with Crippen molar-refractivity contribution >= 4 is 55.6 Å². The third-order valence-corrected chi connectivity index (χ3v) is 12.6. The van der Waals surface area contributed by atoms with E-state index < -0.39 is 106 Å². The van der Waals surface area contributed by atoms with E-state index in [4.69, 9.17) is 9.47 Å². The molecule has 318 valence electrons. The molecule has 4 aliphatic heterocycles. The first-order chi connectivity index (χ1) is 27.7. The number of halogens is 7. The first-order valence-corrected chi connectivity index (χ1v) is 20.2. The fraction of sp³-hybridized carbons (Fsp3) is 0.564. The molecule has 12 nitrogen and oxygen atoms in total. The van der Waals surface area contributed by atoms with E-state index in [1.807, 2.05) is 4.90 Å². The number of ether oxygens (including phenoxy) is 2. The van der Waals surface area contributed by atoms with Crippen LogP contribution in [0, 0.1) is 11.6 Å². The number of aromatic nitrogens is 3. The standard InChI is InChI=1S/C39H42F7N7O5S/c1-18(40)15-52(36(55)56)26-12-20-6-9-25(26)53(20)32-22-13-23(39(44,45)46)27(21-7-8-24(42)31-30(21)48-34(59-31)50-35(54)58-37(2,3)4)28(43)29(22)47-33(49-32)57-17-38-10-5-11-51(38)16-19(41)14-38/h7-8,13,18-20,25-26H,5-6,9-12,14-17H2,1-4H3,(H,55,56)(H,48,50,54)/t18?,19-,20-,25+,26?,38+/m1/s1. The molecule has 8 rings (SSSR count). The van der Waals surface area contributed by atoms with Crippen LogP contribution in [0.25, 0.3) is 32.2 Å². The van der Waals surface area contributed by atoms with Crippen molar-refractivity contribution in [2.45, 2.75) is 114 Å². The van der Waals surface area contributed by atoms with Crippen LogP contribution in [0.4, 0.5) is 51.3 Å². The number of fused-ring (bicyclic) bond motifs is 5. The molecule has 59 heavy (non-hydrogen) atoms. The summed E-state index contributed by atoms with van der Waals surface area (Å²) in [5.74, 6) is -2.46. The first kappa shape index (κ1) is 41.0. The zero-order valence-corrected chi connectivity index (χ0v) is 33.3. The van der Waals surface area contributed by atoms with Gasteiger partial charge < -0.3 is 24.4 Å². The van der Waals surface area contributed by atoms with Crippen LogP contribution in [-0.4, -0.2) is 110 Å². The molecule has 2 aromatic heterocycles. The first-order valence-electron chi connectivity index (χ1n) is 19.4. The molecule has 20 heteroatoms. The molecule has 0 aliphatic carbocycles. The maximum Gasteiger partial charge on any atom is 0.417 e. The van der Waals surface area contributed by atoms with Gasteiger partial charge in [-0.3, -0.25) is 10.2 Å². The number of carboxylic acid groups (broad SMARTS) is 1.